The van der Waals surface area contributed by atoms with E-state index in [-0.39, 0.29) is 0 Å². The third-order valence-corrected chi connectivity index (χ3v) is 1.57. The van der Waals surface area contributed by atoms with Crippen LogP contribution in [0.1, 0.15) is 5.69 Å². The van der Waals surface area contributed by atoms with Crippen LogP contribution in [0, 0.1) is 6.92 Å². The maximum Gasteiger partial charge on any atom is 0.169 e. The molecular weight excluding hydrogens is 170 g/mol. The highest BCUT2D eigenvalue weighted by atomic mass is 15.7. The van der Waals surface area contributed by atoms with Crippen LogP contribution in [0.5, 0.6) is 0 Å². The lowest BCUT2D eigenvalue weighted by Gasteiger charge is -2.16. The van der Waals surface area contributed by atoms with Gasteiger partial charge in [0.05, 0.1) is 7.05 Å². The van der Waals surface area contributed by atoms with Crippen LogP contribution in [0.2, 0.25) is 0 Å². The molecule has 0 radical (unpaired) electrons. The normalized spacial score (nSPS) is 10.8. The van der Waals surface area contributed by atoms with Crippen molar-refractivity contribution in [1.82, 2.24) is 20.5 Å². The minimum Gasteiger partial charge on any atom is -0.255 e. The Bertz CT molecular complexity index is 282. The standard InChI is InChI=1S/C6H13N7/c1-5-6(12(3)10-8-5)13(4)11-9-7-2/h1-4H3,(H,7,11). The highest BCUT2D eigenvalue weighted by Crippen LogP contribution is 2.11. The first-order valence-electron chi connectivity index (χ1n) is 3.81. The summed E-state index contributed by atoms with van der Waals surface area (Å²) < 4.78 is 1.66. The second-order valence-electron chi connectivity index (χ2n) is 2.58. The van der Waals surface area contributed by atoms with Crippen LogP contribution in [0.15, 0.2) is 10.3 Å². The Labute approximate surface area is 76.4 Å². The number of anilines is 1. The molecule has 7 nitrogen and oxygen atoms in total. The predicted octanol–water partition coefficient (Wildman–Crippen LogP) is 0.0613. The molecule has 0 aliphatic rings. The van der Waals surface area contributed by atoms with Gasteiger partial charge in [-0.1, -0.05) is 10.4 Å². The summed E-state index contributed by atoms with van der Waals surface area (Å²) in [6.07, 6.45) is 0. The van der Waals surface area contributed by atoms with Gasteiger partial charge in [-0.05, 0) is 6.92 Å². The Hall–Kier alpha value is -1.66. The van der Waals surface area contributed by atoms with Gasteiger partial charge < -0.3 is 0 Å². The van der Waals surface area contributed by atoms with Gasteiger partial charge >= 0.3 is 0 Å². The second kappa shape index (κ2) is 3.83. The van der Waals surface area contributed by atoms with E-state index in [0.717, 1.165) is 11.5 Å². The van der Waals surface area contributed by atoms with Gasteiger partial charge in [0.15, 0.2) is 5.82 Å². The molecule has 0 atom stereocenters. The van der Waals surface area contributed by atoms with Crippen molar-refractivity contribution >= 4 is 5.82 Å². The first-order valence-corrected chi connectivity index (χ1v) is 3.81. The molecule has 1 rings (SSSR count). The lowest BCUT2D eigenvalue weighted by molar-refractivity contribution is 0.628. The molecule has 0 fully saturated rings. The maximum atomic E-state index is 3.90. The van der Waals surface area contributed by atoms with Crippen LogP contribution in [0.3, 0.4) is 0 Å². The Morgan fingerprint density at radius 2 is 2.23 bits per heavy atom. The van der Waals surface area contributed by atoms with Crippen molar-refractivity contribution in [3.8, 4) is 0 Å². The van der Waals surface area contributed by atoms with Crippen LogP contribution in [0.4, 0.5) is 5.82 Å². The third-order valence-electron chi connectivity index (χ3n) is 1.57. The summed E-state index contributed by atoms with van der Waals surface area (Å²) in [6, 6.07) is 0. The fourth-order valence-electron chi connectivity index (χ4n) is 1.07. The molecule has 0 aliphatic heterocycles. The molecule has 1 heterocycles. The number of hydrazine groups is 1. The molecule has 0 saturated heterocycles. The van der Waals surface area contributed by atoms with E-state index in [0.29, 0.717) is 0 Å². The van der Waals surface area contributed by atoms with E-state index in [2.05, 4.69) is 26.2 Å². The monoisotopic (exact) mass is 183 g/mol. The molecule has 0 amide bonds. The molecular formula is C6H13N7. The van der Waals surface area contributed by atoms with Gasteiger partial charge in [-0.2, -0.15) is 10.6 Å². The molecule has 0 unspecified atom stereocenters. The van der Waals surface area contributed by atoms with Gasteiger partial charge in [-0.3, -0.25) is 5.01 Å². The van der Waals surface area contributed by atoms with Crippen molar-refractivity contribution in [3.05, 3.63) is 5.69 Å². The van der Waals surface area contributed by atoms with Crippen LogP contribution < -0.4 is 10.5 Å². The van der Waals surface area contributed by atoms with E-state index in [4.69, 9.17) is 0 Å². The van der Waals surface area contributed by atoms with Crippen molar-refractivity contribution in [3.63, 3.8) is 0 Å². The molecule has 1 aromatic rings. The minimum absolute atomic E-state index is 0.837. The molecule has 1 aromatic heterocycles. The Kier molecular flexibility index (Phi) is 2.78. The average Bonchev–Trinajstić information content (AvgIpc) is 2.42. The second-order valence-corrected chi connectivity index (χ2v) is 2.58. The summed E-state index contributed by atoms with van der Waals surface area (Å²) >= 11 is 0. The van der Waals surface area contributed by atoms with Gasteiger partial charge in [0.2, 0.25) is 0 Å². The number of hydrogen-bond acceptors (Lipinski definition) is 5. The molecule has 13 heavy (non-hydrogen) atoms. The summed E-state index contributed by atoms with van der Waals surface area (Å²) in [7, 11) is 5.23. The molecule has 7 heteroatoms. The zero-order chi connectivity index (χ0) is 9.84. The number of rotatable bonds is 3. The quantitative estimate of drug-likeness (QED) is 0.531. The zero-order valence-corrected chi connectivity index (χ0v) is 8.18. The van der Waals surface area contributed by atoms with E-state index in [1.807, 2.05) is 21.0 Å². The van der Waals surface area contributed by atoms with E-state index in [1.54, 1.807) is 16.7 Å². The first kappa shape index (κ1) is 9.43. The van der Waals surface area contributed by atoms with Gasteiger partial charge in [-0.25, -0.2) is 4.68 Å². The zero-order valence-electron chi connectivity index (χ0n) is 8.18. The van der Waals surface area contributed by atoms with Crippen LogP contribution in [-0.4, -0.2) is 29.1 Å². The van der Waals surface area contributed by atoms with E-state index >= 15 is 0 Å². The number of hydrogen-bond donors (Lipinski definition) is 1. The first-order chi connectivity index (χ1) is 6.16. The largest absolute Gasteiger partial charge is 0.255 e. The molecule has 0 spiro atoms. The Balaban J connectivity index is 2.81. The topological polar surface area (TPSA) is 70.7 Å². The molecule has 72 valence electrons. The Morgan fingerprint density at radius 1 is 1.54 bits per heavy atom. The predicted molar refractivity (Wildman–Crippen MR) is 48.1 cm³/mol. The molecule has 0 saturated carbocycles. The summed E-state index contributed by atoms with van der Waals surface area (Å²) in [4.78, 5) is 0. The van der Waals surface area contributed by atoms with Crippen molar-refractivity contribution in [2.45, 2.75) is 6.92 Å². The van der Waals surface area contributed by atoms with Crippen molar-refractivity contribution in [2.75, 3.05) is 19.1 Å². The van der Waals surface area contributed by atoms with Gasteiger partial charge in [0.1, 0.15) is 5.69 Å². The van der Waals surface area contributed by atoms with Crippen molar-refractivity contribution < 1.29 is 0 Å². The summed E-state index contributed by atoms with van der Waals surface area (Å²) in [5, 5.41) is 16.7. The highest BCUT2D eigenvalue weighted by molar-refractivity contribution is 5.40. The van der Waals surface area contributed by atoms with E-state index in [9.17, 15) is 0 Å². The van der Waals surface area contributed by atoms with Gasteiger partial charge in [0, 0.05) is 14.1 Å². The molecule has 0 aromatic carbocycles. The van der Waals surface area contributed by atoms with E-state index < -0.39 is 0 Å². The number of aromatic nitrogens is 3. The molecule has 0 bridgehead atoms. The lowest BCUT2D eigenvalue weighted by Crippen LogP contribution is -2.31. The fraction of sp³-hybridized carbons (Fsp3) is 0.667. The van der Waals surface area contributed by atoms with Crippen molar-refractivity contribution in [1.29, 1.82) is 0 Å². The molecule has 1 N–H and O–H groups in total. The molecule has 0 aliphatic carbocycles. The van der Waals surface area contributed by atoms with Crippen LogP contribution >= 0.6 is 0 Å². The van der Waals surface area contributed by atoms with Crippen molar-refractivity contribution in [2.24, 2.45) is 17.4 Å². The van der Waals surface area contributed by atoms with Gasteiger partial charge in [-0.15, -0.1) is 5.10 Å². The van der Waals surface area contributed by atoms with Crippen LogP contribution in [-0.2, 0) is 7.05 Å². The minimum atomic E-state index is 0.837. The summed E-state index contributed by atoms with van der Waals surface area (Å²) in [5.74, 6) is 0.854. The SMILES string of the molecule is CN=NNN(C)c1c(C)nnn1C. The maximum absolute atomic E-state index is 3.90. The van der Waals surface area contributed by atoms with Crippen LogP contribution in [0.25, 0.3) is 0 Å². The number of nitrogens with zero attached hydrogens (tertiary/aromatic N) is 6. The average molecular weight is 183 g/mol. The highest BCUT2D eigenvalue weighted by Gasteiger charge is 2.10. The van der Waals surface area contributed by atoms with Gasteiger partial charge in [0.25, 0.3) is 0 Å². The summed E-state index contributed by atoms with van der Waals surface area (Å²) in [5.41, 5.74) is 3.54. The smallest absolute Gasteiger partial charge is 0.169 e. The Morgan fingerprint density at radius 3 is 2.69 bits per heavy atom. The number of aryl methyl sites for hydroxylation is 2. The summed E-state index contributed by atoms with van der Waals surface area (Å²) in [6.45, 7) is 1.88. The third kappa shape index (κ3) is 1.92. The number of nitrogens with one attached hydrogen (secondary N) is 1. The van der Waals surface area contributed by atoms with E-state index in [1.165, 1.54) is 0 Å². The fourth-order valence-corrected chi connectivity index (χ4v) is 1.07. The lowest BCUT2D eigenvalue weighted by atomic mass is 10.5.